The van der Waals surface area contributed by atoms with Gasteiger partial charge in [-0.25, -0.2) is 0 Å². The molecule has 1 amide bonds. The molecule has 98 valence electrons. The Kier molecular flexibility index (Phi) is 6.62. The van der Waals surface area contributed by atoms with Crippen molar-refractivity contribution >= 4 is 11.9 Å². The number of hydrogen-bond donors (Lipinski definition) is 2. The second-order valence-corrected chi connectivity index (χ2v) is 4.61. The van der Waals surface area contributed by atoms with Crippen LogP contribution in [0.25, 0.3) is 0 Å². The van der Waals surface area contributed by atoms with Crippen LogP contribution in [0, 0.1) is 5.92 Å². The fourth-order valence-electron chi connectivity index (χ4n) is 2.08. The molecule has 1 rings (SSSR count). The summed E-state index contributed by atoms with van der Waals surface area (Å²) in [5, 5.41) is 2.64. The van der Waals surface area contributed by atoms with Crippen molar-refractivity contribution in [2.75, 3.05) is 19.7 Å². The number of carbonyl (C=O) groups excluding carboxylic acids is 2. The first-order valence-corrected chi connectivity index (χ1v) is 6.33. The zero-order valence-electron chi connectivity index (χ0n) is 10.2. The molecule has 0 aromatic rings. The summed E-state index contributed by atoms with van der Waals surface area (Å²) in [7, 11) is 0. The van der Waals surface area contributed by atoms with E-state index >= 15 is 0 Å². The number of ether oxygens (including phenoxy) is 1. The fourth-order valence-corrected chi connectivity index (χ4v) is 2.08. The van der Waals surface area contributed by atoms with Crippen LogP contribution in [0.15, 0.2) is 0 Å². The number of esters is 1. The van der Waals surface area contributed by atoms with Crippen LogP contribution < -0.4 is 11.1 Å². The molecular weight excluding hydrogens is 220 g/mol. The SMILES string of the molecule is NC(=O)CNCC(=O)OCC1CCCCCC1. The molecule has 17 heavy (non-hydrogen) atoms. The lowest BCUT2D eigenvalue weighted by Crippen LogP contribution is -2.33. The van der Waals surface area contributed by atoms with Gasteiger partial charge in [0, 0.05) is 0 Å². The molecule has 5 heteroatoms. The summed E-state index contributed by atoms with van der Waals surface area (Å²) in [6, 6.07) is 0. The third-order valence-corrected chi connectivity index (χ3v) is 3.02. The highest BCUT2D eigenvalue weighted by molar-refractivity contribution is 5.77. The van der Waals surface area contributed by atoms with E-state index in [-0.39, 0.29) is 19.1 Å². The van der Waals surface area contributed by atoms with E-state index in [0.717, 1.165) is 12.8 Å². The van der Waals surface area contributed by atoms with Gasteiger partial charge < -0.3 is 10.5 Å². The van der Waals surface area contributed by atoms with Crippen molar-refractivity contribution < 1.29 is 14.3 Å². The van der Waals surface area contributed by atoms with E-state index in [1.54, 1.807) is 0 Å². The molecule has 0 spiro atoms. The minimum Gasteiger partial charge on any atom is -0.464 e. The van der Waals surface area contributed by atoms with Crippen molar-refractivity contribution in [3.63, 3.8) is 0 Å². The van der Waals surface area contributed by atoms with Gasteiger partial charge in [-0.1, -0.05) is 25.7 Å². The minimum absolute atomic E-state index is 0.0124. The van der Waals surface area contributed by atoms with Gasteiger partial charge in [-0.3, -0.25) is 14.9 Å². The van der Waals surface area contributed by atoms with Crippen LogP contribution >= 0.6 is 0 Å². The first-order valence-electron chi connectivity index (χ1n) is 6.33. The first-order chi connectivity index (χ1) is 8.18. The van der Waals surface area contributed by atoms with Crippen molar-refractivity contribution in [1.29, 1.82) is 0 Å². The average Bonchev–Trinajstić information content (AvgIpc) is 2.54. The fraction of sp³-hybridized carbons (Fsp3) is 0.833. The Morgan fingerprint density at radius 1 is 1.12 bits per heavy atom. The van der Waals surface area contributed by atoms with Crippen LogP contribution in [-0.2, 0) is 14.3 Å². The van der Waals surface area contributed by atoms with Crippen LogP contribution in [0.5, 0.6) is 0 Å². The molecule has 1 aliphatic carbocycles. The number of primary amides is 1. The highest BCUT2D eigenvalue weighted by Gasteiger charge is 2.14. The molecule has 5 nitrogen and oxygen atoms in total. The lowest BCUT2D eigenvalue weighted by Gasteiger charge is -2.14. The molecule has 0 bridgehead atoms. The predicted molar refractivity (Wildman–Crippen MR) is 64.2 cm³/mol. The number of carbonyl (C=O) groups is 2. The van der Waals surface area contributed by atoms with E-state index in [2.05, 4.69) is 5.32 Å². The van der Waals surface area contributed by atoms with Gasteiger partial charge in [0.25, 0.3) is 0 Å². The largest absolute Gasteiger partial charge is 0.464 e. The Morgan fingerprint density at radius 3 is 2.35 bits per heavy atom. The van der Waals surface area contributed by atoms with Crippen LogP contribution in [-0.4, -0.2) is 31.6 Å². The van der Waals surface area contributed by atoms with E-state index in [1.807, 2.05) is 0 Å². The summed E-state index contributed by atoms with van der Waals surface area (Å²) in [5.41, 5.74) is 4.93. The number of hydrogen-bond acceptors (Lipinski definition) is 4. The maximum Gasteiger partial charge on any atom is 0.319 e. The van der Waals surface area contributed by atoms with Gasteiger partial charge in [0.1, 0.15) is 0 Å². The topological polar surface area (TPSA) is 81.4 Å². The van der Waals surface area contributed by atoms with Gasteiger partial charge in [0.05, 0.1) is 19.7 Å². The van der Waals surface area contributed by atoms with E-state index in [1.165, 1.54) is 25.7 Å². The van der Waals surface area contributed by atoms with Crippen molar-refractivity contribution in [1.82, 2.24) is 5.32 Å². The quantitative estimate of drug-likeness (QED) is 0.527. The molecule has 0 saturated heterocycles. The highest BCUT2D eigenvalue weighted by Crippen LogP contribution is 2.22. The van der Waals surface area contributed by atoms with E-state index in [4.69, 9.17) is 10.5 Å². The van der Waals surface area contributed by atoms with Crippen LogP contribution in [0.4, 0.5) is 0 Å². The number of amides is 1. The average molecular weight is 242 g/mol. The summed E-state index contributed by atoms with van der Waals surface area (Å²) in [4.78, 5) is 21.7. The van der Waals surface area contributed by atoms with Gasteiger partial charge in [-0.15, -0.1) is 0 Å². The molecule has 0 atom stereocenters. The third-order valence-electron chi connectivity index (χ3n) is 3.02. The smallest absolute Gasteiger partial charge is 0.319 e. The monoisotopic (exact) mass is 242 g/mol. The molecule has 0 aromatic heterocycles. The van der Waals surface area contributed by atoms with Gasteiger partial charge in [0.2, 0.25) is 5.91 Å². The van der Waals surface area contributed by atoms with Crippen molar-refractivity contribution in [3.05, 3.63) is 0 Å². The van der Waals surface area contributed by atoms with Gasteiger partial charge in [0.15, 0.2) is 0 Å². The number of nitrogens with two attached hydrogens (primary N) is 1. The minimum atomic E-state index is -0.471. The molecule has 0 radical (unpaired) electrons. The molecule has 1 aliphatic rings. The maximum absolute atomic E-state index is 11.3. The molecule has 0 heterocycles. The summed E-state index contributed by atoms with van der Waals surface area (Å²) in [6.45, 7) is 0.575. The Bertz CT molecular complexity index is 248. The second kappa shape index (κ2) is 8.06. The standard InChI is InChI=1S/C12H22N2O3/c13-11(15)7-14-8-12(16)17-9-10-5-3-1-2-4-6-10/h10,14H,1-9H2,(H2,13,15). The molecule has 3 N–H and O–H groups in total. The Morgan fingerprint density at radius 2 is 1.76 bits per heavy atom. The lowest BCUT2D eigenvalue weighted by molar-refractivity contribution is -0.144. The molecule has 0 aromatic carbocycles. The molecule has 1 saturated carbocycles. The summed E-state index contributed by atoms with van der Waals surface area (Å²) in [6.07, 6.45) is 7.38. The first kappa shape index (κ1) is 14.0. The zero-order chi connectivity index (χ0) is 12.5. The van der Waals surface area contributed by atoms with E-state index < -0.39 is 5.91 Å². The van der Waals surface area contributed by atoms with Crippen LogP contribution in [0.1, 0.15) is 38.5 Å². The Balaban J connectivity index is 2.07. The van der Waals surface area contributed by atoms with Crippen LogP contribution in [0.2, 0.25) is 0 Å². The maximum atomic E-state index is 11.3. The number of rotatable bonds is 6. The zero-order valence-corrected chi connectivity index (χ0v) is 10.2. The predicted octanol–water partition coefficient (Wildman–Crippen LogP) is 0.575. The summed E-state index contributed by atoms with van der Waals surface area (Å²) in [5.74, 6) is -0.269. The summed E-state index contributed by atoms with van der Waals surface area (Å²) >= 11 is 0. The van der Waals surface area contributed by atoms with Gasteiger partial charge >= 0.3 is 5.97 Å². The molecular formula is C12H22N2O3. The second-order valence-electron chi connectivity index (χ2n) is 4.61. The van der Waals surface area contributed by atoms with Gasteiger partial charge in [-0.05, 0) is 18.8 Å². The normalized spacial score (nSPS) is 17.4. The van der Waals surface area contributed by atoms with Crippen molar-refractivity contribution in [2.45, 2.75) is 38.5 Å². The number of nitrogens with one attached hydrogen (secondary N) is 1. The van der Waals surface area contributed by atoms with Crippen LogP contribution in [0.3, 0.4) is 0 Å². The van der Waals surface area contributed by atoms with Crippen molar-refractivity contribution in [3.8, 4) is 0 Å². The summed E-state index contributed by atoms with van der Waals surface area (Å²) < 4.78 is 5.17. The lowest BCUT2D eigenvalue weighted by atomic mass is 10.0. The molecule has 0 unspecified atom stereocenters. The van der Waals surface area contributed by atoms with Gasteiger partial charge in [-0.2, -0.15) is 0 Å². The molecule has 1 fully saturated rings. The molecule has 0 aliphatic heterocycles. The highest BCUT2D eigenvalue weighted by atomic mass is 16.5. The Hall–Kier alpha value is -1.10. The van der Waals surface area contributed by atoms with Crippen molar-refractivity contribution in [2.24, 2.45) is 11.7 Å². The van der Waals surface area contributed by atoms with E-state index in [9.17, 15) is 9.59 Å². The van der Waals surface area contributed by atoms with E-state index in [0.29, 0.717) is 12.5 Å². The third kappa shape index (κ3) is 6.94. The Labute approximate surface area is 102 Å².